The van der Waals surface area contributed by atoms with Crippen LogP contribution in [-0.4, -0.2) is 18.8 Å². The smallest absolute Gasteiger partial charge is 0.249 e. The Bertz CT molecular complexity index is 551. The summed E-state index contributed by atoms with van der Waals surface area (Å²) in [6.45, 7) is 1.56. The van der Waals surface area contributed by atoms with Gasteiger partial charge < -0.3 is 5.11 Å². The number of nitrogens with one attached hydrogen (secondary N) is 1. The number of anilines is 1. The van der Waals surface area contributed by atoms with Crippen molar-refractivity contribution in [2.45, 2.75) is 18.6 Å². The van der Waals surface area contributed by atoms with Crippen LogP contribution in [0.15, 0.2) is 18.2 Å². The molecule has 1 rings (SSSR count). The molecule has 1 atom stereocenters. The summed E-state index contributed by atoms with van der Waals surface area (Å²) in [6, 6.07) is 4.73. The molecule has 0 saturated carbocycles. The Labute approximate surface area is 98.6 Å². The molecule has 0 fully saturated rings. The molecule has 17 heavy (non-hydrogen) atoms. The van der Waals surface area contributed by atoms with E-state index in [1.807, 2.05) is 0 Å². The number of sulfonamides is 1. The molecule has 0 heterocycles. The number of nitriles is 1. The first kappa shape index (κ1) is 13.3. The average molecular weight is 258 g/mol. The Balaban J connectivity index is 2.99. The zero-order valence-corrected chi connectivity index (χ0v) is 9.83. The van der Waals surface area contributed by atoms with Gasteiger partial charge in [0.2, 0.25) is 10.0 Å². The molecule has 0 aliphatic carbocycles. The van der Waals surface area contributed by atoms with Crippen molar-refractivity contribution in [3.05, 3.63) is 24.0 Å². The normalized spacial score (nSPS) is 12.8. The summed E-state index contributed by atoms with van der Waals surface area (Å²) in [7, 11) is -3.86. The van der Waals surface area contributed by atoms with Crippen molar-refractivity contribution in [1.82, 2.24) is 0 Å². The van der Waals surface area contributed by atoms with Gasteiger partial charge in [-0.1, -0.05) is 6.92 Å². The number of rotatable bonds is 4. The van der Waals surface area contributed by atoms with Crippen LogP contribution in [0, 0.1) is 17.1 Å². The number of hydrogen-bond donors (Lipinski definition) is 2. The Hall–Kier alpha value is -1.81. The fraction of sp³-hybridized carbons (Fsp3) is 0.300. The van der Waals surface area contributed by atoms with Gasteiger partial charge in [-0.25, -0.2) is 12.8 Å². The van der Waals surface area contributed by atoms with Crippen LogP contribution in [0.5, 0.6) is 5.75 Å². The zero-order valence-electron chi connectivity index (χ0n) is 9.01. The molecule has 0 aliphatic heterocycles. The lowest BCUT2D eigenvalue weighted by Crippen LogP contribution is -2.25. The van der Waals surface area contributed by atoms with Crippen LogP contribution < -0.4 is 4.72 Å². The molecular formula is C10H11FN2O3S. The van der Waals surface area contributed by atoms with Crippen LogP contribution in [-0.2, 0) is 10.0 Å². The van der Waals surface area contributed by atoms with Crippen LogP contribution in [0.3, 0.4) is 0 Å². The minimum absolute atomic E-state index is 0.0333. The van der Waals surface area contributed by atoms with Gasteiger partial charge in [0.15, 0.2) is 16.8 Å². The lowest BCUT2D eigenvalue weighted by atomic mass is 10.3. The van der Waals surface area contributed by atoms with E-state index in [2.05, 4.69) is 4.72 Å². The van der Waals surface area contributed by atoms with Crippen molar-refractivity contribution in [2.75, 3.05) is 4.72 Å². The number of phenolic OH excluding ortho intramolecular Hbond substituents is 1. The maximum absolute atomic E-state index is 13.0. The van der Waals surface area contributed by atoms with Crippen LogP contribution in [0.4, 0.5) is 10.1 Å². The standard InChI is InChI=1S/C10H11FN2O3S/c1-2-8(6-12)17(15,16)13-7-3-4-10(14)9(11)5-7/h3-5,8,13-14H,2H2,1H3. The van der Waals surface area contributed by atoms with Crippen LogP contribution >= 0.6 is 0 Å². The number of halogens is 1. The highest BCUT2D eigenvalue weighted by molar-refractivity contribution is 7.93. The molecule has 0 aromatic heterocycles. The van der Waals surface area contributed by atoms with Gasteiger partial charge in [-0.05, 0) is 18.6 Å². The van der Waals surface area contributed by atoms with E-state index in [1.165, 1.54) is 6.07 Å². The summed E-state index contributed by atoms with van der Waals surface area (Å²) in [4.78, 5) is 0. The van der Waals surface area contributed by atoms with Crippen LogP contribution in [0.1, 0.15) is 13.3 Å². The van der Waals surface area contributed by atoms with E-state index in [-0.39, 0.29) is 12.1 Å². The summed E-state index contributed by atoms with van der Waals surface area (Å²) < 4.78 is 38.3. The largest absolute Gasteiger partial charge is 0.505 e. The Morgan fingerprint density at radius 3 is 2.71 bits per heavy atom. The first-order valence-corrected chi connectivity index (χ1v) is 6.35. The molecule has 0 amide bonds. The number of hydrogen-bond acceptors (Lipinski definition) is 4. The number of phenols is 1. The third-order valence-electron chi connectivity index (χ3n) is 2.10. The Kier molecular flexibility index (Phi) is 3.91. The molecule has 2 N–H and O–H groups in total. The van der Waals surface area contributed by atoms with E-state index in [4.69, 9.17) is 10.4 Å². The van der Waals surface area contributed by atoms with Crippen molar-refractivity contribution in [3.8, 4) is 11.8 Å². The summed E-state index contributed by atoms with van der Waals surface area (Å²) >= 11 is 0. The van der Waals surface area contributed by atoms with Crippen molar-refractivity contribution in [3.63, 3.8) is 0 Å². The monoisotopic (exact) mass is 258 g/mol. The summed E-state index contributed by atoms with van der Waals surface area (Å²) in [6.07, 6.45) is 0.131. The van der Waals surface area contributed by atoms with Crippen molar-refractivity contribution in [1.29, 1.82) is 5.26 Å². The lowest BCUT2D eigenvalue weighted by Gasteiger charge is -2.11. The minimum Gasteiger partial charge on any atom is -0.505 e. The van der Waals surface area contributed by atoms with Gasteiger partial charge in [0.05, 0.1) is 11.8 Å². The summed E-state index contributed by atoms with van der Waals surface area (Å²) in [5.74, 6) is -1.50. The Morgan fingerprint density at radius 2 is 2.24 bits per heavy atom. The minimum atomic E-state index is -3.86. The van der Waals surface area contributed by atoms with Crippen LogP contribution in [0.25, 0.3) is 0 Å². The fourth-order valence-electron chi connectivity index (χ4n) is 1.19. The first-order chi connectivity index (χ1) is 7.90. The van der Waals surface area contributed by atoms with Gasteiger partial charge in [0, 0.05) is 6.07 Å². The SMILES string of the molecule is CCC(C#N)S(=O)(=O)Nc1ccc(O)c(F)c1. The van der Waals surface area contributed by atoms with E-state index >= 15 is 0 Å². The maximum Gasteiger partial charge on any atom is 0.249 e. The molecule has 0 spiro atoms. The predicted molar refractivity (Wildman–Crippen MR) is 60.3 cm³/mol. The van der Waals surface area contributed by atoms with E-state index < -0.39 is 26.8 Å². The van der Waals surface area contributed by atoms with Crippen molar-refractivity contribution >= 4 is 15.7 Å². The van der Waals surface area contributed by atoms with Crippen molar-refractivity contribution in [2.24, 2.45) is 0 Å². The summed E-state index contributed by atoms with van der Waals surface area (Å²) in [5.41, 5.74) is -0.0333. The molecule has 92 valence electrons. The molecule has 1 aromatic rings. The second kappa shape index (κ2) is 5.01. The molecule has 7 heteroatoms. The zero-order chi connectivity index (χ0) is 13.1. The molecule has 1 unspecified atom stereocenters. The highest BCUT2D eigenvalue weighted by atomic mass is 32.2. The second-order valence-corrected chi connectivity index (χ2v) is 5.20. The van der Waals surface area contributed by atoms with Crippen LogP contribution in [0.2, 0.25) is 0 Å². The average Bonchev–Trinajstić information content (AvgIpc) is 2.24. The van der Waals surface area contributed by atoms with E-state index in [0.717, 1.165) is 12.1 Å². The number of benzene rings is 1. The highest BCUT2D eigenvalue weighted by Gasteiger charge is 2.23. The molecule has 0 aliphatic rings. The van der Waals surface area contributed by atoms with E-state index in [1.54, 1.807) is 13.0 Å². The third kappa shape index (κ3) is 3.07. The molecule has 1 aromatic carbocycles. The molecule has 0 bridgehead atoms. The maximum atomic E-state index is 13.0. The van der Waals surface area contributed by atoms with Gasteiger partial charge in [0.1, 0.15) is 0 Å². The number of aromatic hydroxyl groups is 1. The molecule has 5 nitrogen and oxygen atoms in total. The highest BCUT2D eigenvalue weighted by Crippen LogP contribution is 2.21. The van der Waals surface area contributed by atoms with Gasteiger partial charge in [-0.2, -0.15) is 5.26 Å². The summed E-state index contributed by atoms with van der Waals surface area (Å²) in [5, 5.41) is 16.4. The van der Waals surface area contributed by atoms with Gasteiger partial charge in [-0.15, -0.1) is 0 Å². The van der Waals surface area contributed by atoms with E-state index in [0.29, 0.717) is 0 Å². The Morgan fingerprint density at radius 1 is 1.59 bits per heavy atom. The van der Waals surface area contributed by atoms with Gasteiger partial charge in [-0.3, -0.25) is 4.72 Å². The molecular weight excluding hydrogens is 247 g/mol. The number of nitrogens with zero attached hydrogens (tertiary/aromatic N) is 1. The third-order valence-corrected chi connectivity index (χ3v) is 3.81. The molecule has 0 radical (unpaired) electrons. The van der Waals surface area contributed by atoms with Gasteiger partial charge in [0.25, 0.3) is 0 Å². The quantitative estimate of drug-likeness (QED) is 0.802. The predicted octanol–water partition coefficient (Wildman–Crippen LogP) is 1.58. The topological polar surface area (TPSA) is 90.2 Å². The van der Waals surface area contributed by atoms with E-state index in [9.17, 15) is 12.8 Å². The lowest BCUT2D eigenvalue weighted by molar-refractivity contribution is 0.432. The first-order valence-electron chi connectivity index (χ1n) is 4.80. The van der Waals surface area contributed by atoms with Crippen molar-refractivity contribution < 1.29 is 17.9 Å². The second-order valence-electron chi connectivity index (χ2n) is 3.34. The fourth-order valence-corrected chi connectivity index (χ4v) is 2.36. The van der Waals surface area contributed by atoms with Gasteiger partial charge >= 0.3 is 0 Å². The molecule has 0 saturated heterocycles.